The fourth-order valence-electron chi connectivity index (χ4n) is 6.64. The zero-order valence-electron chi connectivity index (χ0n) is 30.8. The molecule has 10 atom stereocenters. The Kier molecular flexibility index (Phi) is 14.9. The highest BCUT2D eigenvalue weighted by Gasteiger charge is 2.55. The summed E-state index contributed by atoms with van der Waals surface area (Å²) in [6.45, 7) is -5.97. The number of carbonyl (C=O) groups excluding carboxylic acids is 1. The predicted molar refractivity (Wildman–Crippen MR) is 201 cm³/mol. The first-order valence-electron chi connectivity index (χ1n) is 18.4. The fourth-order valence-corrected chi connectivity index (χ4v) is 10.9. The van der Waals surface area contributed by atoms with Crippen molar-refractivity contribution in [1.82, 2.24) is 29.1 Å². The molecule has 3 aliphatic rings. The number of imidazole rings is 1. The summed E-state index contributed by atoms with van der Waals surface area (Å²) in [6, 6.07) is 0.926. The molecule has 0 aliphatic carbocycles. The van der Waals surface area contributed by atoms with Gasteiger partial charge in [0.2, 0.25) is 0 Å². The van der Waals surface area contributed by atoms with Crippen LogP contribution in [0, 0.1) is 0 Å². The van der Waals surface area contributed by atoms with Gasteiger partial charge in [-0.05, 0) is 29.8 Å². The van der Waals surface area contributed by atoms with Crippen molar-refractivity contribution in [3.63, 3.8) is 0 Å². The lowest BCUT2D eigenvalue weighted by atomic mass is 10.1. The van der Waals surface area contributed by atoms with Crippen molar-refractivity contribution >= 4 is 48.8 Å². The van der Waals surface area contributed by atoms with E-state index < -0.39 is 94.1 Å². The molecule has 58 heavy (non-hydrogen) atoms. The molecular weight excluding hydrogens is 836 g/mol. The summed E-state index contributed by atoms with van der Waals surface area (Å²) in [7, 11) is -5.22. The summed E-state index contributed by atoms with van der Waals surface area (Å²) < 4.78 is 95.6. The van der Waals surface area contributed by atoms with Crippen molar-refractivity contribution < 1.29 is 55.2 Å². The second kappa shape index (κ2) is 19.6. The van der Waals surface area contributed by atoms with Crippen molar-refractivity contribution in [1.29, 1.82) is 0 Å². The SMILES string of the molecule is [N-]=[N+]=NCCCCCCCCCCC(=O)CSP1(=O)OC[C@H]2O[C@@H](n3cnc4c(N)ncnc43)[C@H](F)[C@@H]2OP(=O)(O)OC[C@H]2O[C@@H](n3ccc(=O)[nH]c3=O)[C@H](F)[C@@H]2O1. The quantitative estimate of drug-likeness (QED) is 0.0583. The van der Waals surface area contributed by atoms with E-state index in [9.17, 15) is 28.4 Å². The molecule has 0 radical (unpaired) electrons. The van der Waals surface area contributed by atoms with Crippen molar-refractivity contribution in [2.75, 3.05) is 31.2 Å². The van der Waals surface area contributed by atoms with Crippen LogP contribution < -0.4 is 17.0 Å². The largest absolute Gasteiger partial charge is 0.472 e. The van der Waals surface area contributed by atoms with E-state index in [0.29, 0.717) is 28.9 Å². The molecule has 3 saturated heterocycles. The summed E-state index contributed by atoms with van der Waals surface area (Å²) in [6.07, 6.45) is -4.70. The number of unbranched alkanes of at least 4 members (excludes halogenated alkanes) is 7. The van der Waals surface area contributed by atoms with E-state index in [-0.39, 0.29) is 29.2 Å². The van der Waals surface area contributed by atoms with Crippen LogP contribution in [0.25, 0.3) is 21.6 Å². The van der Waals surface area contributed by atoms with Crippen LogP contribution in [-0.2, 0) is 41.5 Å². The van der Waals surface area contributed by atoms with Gasteiger partial charge in [-0.1, -0.05) is 43.6 Å². The number of nitrogens with zero attached hydrogens (tertiary/aromatic N) is 8. The smallest absolute Gasteiger partial charge is 0.382 e. The number of nitrogens with two attached hydrogens (primary N) is 1. The number of hydrogen-bond donors (Lipinski definition) is 3. The van der Waals surface area contributed by atoms with Gasteiger partial charge in [-0.15, -0.1) is 0 Å². The number of ether oxygens (including phenoxy) is 2. The van der Waals surface area contributed by atoms with Crippen molar-refractivity contribution in [3.8, 4) is 0 Å². The Morgan fingerprint density at radius 3 is 2.29 bits per heavy atom. The molecule has 3 fully saturated rings. The number of aromatic nitrogens is 6. The first-order valence-corrected chi connectivity index (χ1v) is 23.0. The van der Waals surface area contributed by atoms with E-state index >= 15 is 8.78 Å². The van der Waals surface area contributed by atoms with Crippen molar-refractivity contribution in [3.05, 3.63) is 56.2 Å². The maximum Gasteiger partial charge on any atom is 0.472 e. The minimum Gasteiger partial charge on any atom is -0.382 e. The molecule has 0 amide bonds. The summed E-state index contributed by atoms with van der Waals surface area (Å²) >= 11 is 0.443. The molecule has 0 spiro atoms. The number of aromatic amines is 1. The number of anilines is 1. The number of alkyl halides is 2. The van der Waals surface area contributed by atoms with Crippen molar-refractivity contribution in [2.24, 2.45) is 5.11 Å². The van der Waals surface area contributed by atoms with Gasteiger partial charge in [0.1, 0.15) is 42.0 Å². The topological polar surface area (TPSA) is 300 Å². The monoisotopic (exact) mass is 878 g/mol. The van der Waals surface area contributed by atoms with Gasteiger partial charge in [-0.2, -0.15) is 0 Å². The number of phosphoric ester groups is 1. The minimum atomic E-state index is -5.22. The lowest BCUT2D eigenvalue weighted by Gasteiger charge is -2.29. The molecule has 6 heterocycles. The number of ketones is 1. The van der Waals surface area contributed by atoms with Gasteiger partial charge in [-0.25, -0.2) is 37.7 Å². The van der Waals surface area contributed by atoms with Crippen LogP contribution in [0.15, 0.2) is 39.6 Å². The molecule has 4 N–H and O–H groups in total. The summed E-state index contributed by atoms with van der Waals surface area (Å²) in [4.78, 5) is 64.7. The van der Waals surface area contributed by atoms with Gasteiger partial charge < -0.3 is 20.1 Å². The highest BCUT2D eigenvalue weighted by molar-refractivity contribution is 8.55. The van der Waals surface area contributed by atoms with E-state index in [1.165, 1.54) is 0 Å². The number of hydrogen-bond acceptors (Lipinski definition) is 17. The molecule has 3 aromatic rings. The van der Waals surface area contributed by atoms with Crippen LogP contribution in [0.5, 0.6) is 0 Å². The second-order valence-electron chi connectivity index (χ2n) is 13.6. The van der Waals surface area contributed by atoms with E-state index in [4.69, 9.17) is 38.8 Å². The van der Waals surface area contributed by atoms with Crippen LogP contribution in [0.2, 0.25) is 0 Å². The Morgan fingerprint density at radius 2 is 1.60 bits per heavy atom. The Morgan fingerprint density at radius 1 is 0.966 bits per heavy atom. The molecule has 3 aliphatic heterocycles. The zero-order valence-corrected chi connectivity index (χ0v) is 33.4. The lowest BCUT2D eigenvalue weighted by molar-refractivity contribution is -0.116. The highest BCUT2D eigenvalue weighted by Crippen LogP contribution is 2.64. The van der Waals surface area contributed by atoms with E-state index in [2.05, 4.69) is 25.0 Å². The number of nitrogens with one attached hydrogen (secondary N) is 1. The third kappa shape index (κ3) is 10.8. The van der Waals surface area contributed by atoms with Gasteiger partial charge in [-0.3, -0.25) is 41.8 Å². The third-order valence-electron chi connectivity index (χ3n) is 9.54. The van der Waals surface area contributed by atoms with E-state index in [0.717, 1.165) is 74.4 Å². The number of halogens is 2. The molecule has 0 bridgehead atoms. The van der Waals surface area contributed by atoms with Crippen LogP contribution in [0.3, 0.4) is 0 Å². The average molecular weight is 879 g/mol. The first kappa shape index (κ1) is 44.0. The minimum absolute atomic E-state index is 0.0144. The van der Waals surface area contributed by atoms with Gasteiger partial charge in [0.25, 0.3) is 5.56 Å². The number of azide groups is 1. The molecule has 0 aromatic carbocycles. The molecule has 318 valence electrons. The zero-order chi connectivity index (χ0) is 41.5. The molecule has 22 nitrogen and oxygen atoms in total. The third-order valence-corrected chi connectivity index (χ3v) is 14.2. The van der Waals surface area contributed by atoms with Crippen molar-refractivity contribution in [2.45, 2.75) is 107 Å². The molecule has 3 aromatic heterocycles. The maximum absolute atomic E-state index is 16.3. The van der Waals surface area contributed by atoms with Gasteiger partial charge in [0, 0.05) is 30.1 Å². The maximum atomic E-state index is 16.3. The number of nitrogen functional groups attached to an aromatic ring is 1. The summed E-state index contributed by atoms with van der Waals surface area (Å²) in [5.41, 5.74) is 12.5. The van der Waals surface area contributed by atoms with Crippen LogP contribution in [0.1, 0.15) is 70.2 Å². The molecule has 2 unspecified atom stereocenters. The van der Waals surface area contributed by atoms with Crippen LogP contribution >= 0.6 is 26.0 Å². The molecule has 0 saturated carbocycles. The Labute approximate surface area is 332 Å². The highest BCUT2D eigenvalue weighted by atomic mass is 32.7. The van der Waals surface area contributed by atoms with Crippen LogP contribution in [0.4, 0.5) is 14.6 Å². The number of rotatable bonds is 16. The second-order valence-corrected chi connectivity index (χ2v) is 19.0. The normalized spacial score (nSPS) is 31.5. The number of fused-ring (bicyclic) bond motifs is 3. The van der Waals surface area contributed by atoms with Gasteiger partial charge >= 0.3 is 20.3 Å². The number of Topliss-reactive ketones (excluding diaryl/α,β-unsaturated/α-hetero) is 1. The molecule has 6 rings (SSSR count). The Balaban J connectivity index is 1.17. The van der Waals surface area contributed by atoms with E-state index in [1.807, 2.05) is 4.98 Å². The first-order chi connectivity index (χ1) is 27.8. The predicted octanol–water partition coefficient (Wildman–Crippen LogP) is 4.58. The lowest BCUT2D eigenvalue weighted by Crippen LogP contribution is -2.38. The summed E-state index contributed by atoms with van der Waals surface area (Å²) in [5.74, 6) is -0.727. The van der Waals surface area contributed by atoms with Crippen LogP contribution in [-0.4, -0.2) is 102 Å². The summed E-state index contributed by atoms with van der Waals surface area (Å²) in [5, 5.41) is 3.51. The molecule has 27 heteroatoms. The Bertz CT molecular complexity index is 2180. The number of carbonyl (C=O) groups is 1. The van der Waals surface area contributed by atoms with Gasteiger partial charge in [0.05, 0.1) is 25.3 Å². The van der Waals surface area contributed by atoms with E-state index in [1.54, 1.807) is 0 Å². The molecular formula is C31H42F2N10O12P2S. The standard InChI is InChI=1S/C31H42F2N10O12P2S/c32-22-25-20(53-30(22)43-17-38-24-27(34)36-16-37-28(24)43)14-51-57(49,58-15-18(44)9-7-5-3-1-2-4-6-8-11-39-41-35)55-26-19(13-50-56(47,48)54-25)52-29(23(26)33)42-12-10-21(45)40-31(42)46/h10,12,16-17,19-20,22-23,25-26,29-30H,1-9,11,13-15H2,(H,47,48)(H2,34,36,37)(H,40,45,46)/t19-,20-,22-,23-,25-,26-,29-,30-,57?/m1/s1. The number of H-pyrrole nitrogens is 1. The number of phosphoric acid groups is 1. The van der Waals surface area contributed by atoms with Gasteiger partial charge in [0.15, 0.2) is 36.3 Å². The Hall–Kier alpha value is -3.60. The fraction of sp³-hybridized carbons (Fsp3) is 0.677. The average Bonchev–Trinajstić information content (AvgIpc) is 3.84.